The number of benzene rings is 2. The number of aryl methyl sites for hydroxylation is 1. The fraction of sp³-hybridized carbons (Fsp3) is 0.0625. The summed E-state index contributed by atoms with van der Waals surface area (Å²) < 4.78 is 1.89. The maximum Gasteiger partial charge on any atom is 0.0646 e. The first-order valence-electron chi connectivity index (χ1n) is 6.01. The van der Waals surface area contributed by atoms with Gasteiger partial charge in [0.2, 0.25) is 0 Å². The van der Waals surface area contributed by atoms with Crippen LogP contribution in [0, 0.1) is 6.92 Å². The number of hydrogen-bond acceptors (Lipinski definition) is 1. The van der Waals surface area contributed by atoms with Gasteiger partial charge in [-0.25, -0.2) is 4.68 Å². The van der Waals surface area contributed by atoms with Gasteiger partial charge in [-0.3, -0.25) is 0 Å². The third-order valence-electron chi connectivity index (χ3n) is 2.96. The van der Waals surface area contributed by atoms with Crippen LogP contribution in [-0.2, 0) is 0 Å². The van der Waals surface area contributed by atoms with E-state index in [1.165, 1.54) is 11.1 Å². The summed E-state index contributed by atoms with van der Waals surface area (Å²) in [5.41, 5.74) is 4.58. The molecule has 0 aliphatic heterocycles. The number of nitrogens with zero attached hydrogens (tertiary/aromatic N) is 2. The van der Waals surface area contributed by atoms with Gasteiger partial charge in [-0.15, -0.1) is 0 Å². The standard InChI is InChI=1S/C16H14N2/c1-13-11-12-18(17-13)16-9-7-15(8-10-16)14-5-3-2-4-6-14/h2-12H,1H3. The first-order chi connectivity index (χ1) is 8.83. The lowest BCUT2D eigenvalue weighted by Gasteiger charge is -2.04. The smallest absolute Gasteiger partial charge is 0.0646 e. The van der Waals surface area contributed by atoms with Gasteiger partial charge in [0.25, 0.3) is 0 Å². The average molecular weight is 234 g/mol. The fourth-order valence-corrected chi connectivity index (χ4v) is 2.00. The molecular formula is C16H14N2. The molecule has 18 heavy (non-hydrogen) atoms. The molecule has 2 aromatic carbocycles. The minimum atomic E-state index is 1.03. The third kappa shape index (κ3) is 2.05. The van der Waals surface area contributed by atoms with E-state index in [-0.39, 0.29) is 0 Å². The van der Waals surface area contributed by atoms with Crippen molar-refractivity contribution >= 4 is 0 Å². The molecule has 88 valence electrons. The zero-order chi connectivity index (χ0) is 12.4. The Morgan fingerprint density at radius 2 is 1.44 bits per heavy atom. The molecule has 3 rings (SSSR count). The molecule has 0 bridgehead atoms. The lowest BCUT2D eigenvalue weighted by atomic mass is 10.1. The molecule has 0 spiro atoms. The number of rotatable bonds is 2. The average Bonchev–Trinajstić information content (AvgIpc) is 2.87. The molecule has 0 saturated carbocycles. The van der Waals surface area contributed by atoms with Gasteiger partial charge in [-0.05, 0) is 36.2 Å². The highest BCUT2D eigenvalue weighted by atomic mass is 15.3. The predicted octanol–water partition coefficient (Wildman–Crippen LogP) is 3.85. The van der Waals surface area contributed by atoms with E-state index in [1.54, 1.807) is 0 Å². The molecule has 0 aliphatic carbocycles. The van der Waals surface area contributed by atoms with Gasteiger partial charge in [0.05, 0.1) is 11.4 Å². The van der Waals surface area contributed by atoms with Crippen molar-refractivity contribution in [3.63, 3.8) is 0 Å². The zero-order valence-corrected chi connectivity index (χ0v) is 10.2. The maximum atomic E-state index is 4.40. The Bertz CT molecular complexity index is 636. The lowest BCUT2D eigenvalue weighted by molar-refractivity contribution is 0.863. The van der Waals surface area contributed by atoms with Crippen molar-refractivity contribution in [3.8, 4) is 16.8 Å². The van der Waals surface area contributed by atoms with E-state index < -0.39 is 0 Å². The molecule has 1 heterocycles. The highest BCUT2D eigenvalue weighted by Crippen LogP contribution is 2.20. The van der Waals surface area contributed by atoms with Crippen LogP contribution in [0.3, 0.4) is 0 Å². The molecule has 3 aromatic rings. The SMILES string of the molecule is Cc1ccn(-c2ccc(-c3ccccc3)cc2)n1. The van der Waals surface area contributed by atoms with Crippen LogP contribution in [-0.4, -0.2) is 9.78 Å². The number of hydrogen-bond donors (Lipinski definition) is 0. The van der Waals surface area contributed by atoms with Gasteiger partial charge in [0.1, 0.15) is 0 Å². The van der Waals surface area contributed by atoms with Gasteiger partial charge in [-0.2, -0.15) is 5.10 Å². The normalized spacial score (nSPS) is 10.5. The topological polar surface area (TPSA) is 17.8 Å². The molecule has 0 N–H and O–H groups in total. The van der Waals surface area contributed by atoms with Crippen LogP contribution in [0.15, 0.2) is 66.9 Å². The van der Waals surface area contributed by atoms with E-state index in [4.69, 9.17) is 0 Å². The molecule has 0 amide bonds. The van der Waals surface area contributed by atoms with E-state index >= 15 is 0 Å². The quantitative estimate of drug-likeness (QED) is 0.658. The van der Waals surface area contributed by atoms with Crippen LogP contribution in [0.25, 0.3) is 16.8 Å². The first-order valence-corrected chi connectivity index (χ1v) is 6.01. The van der Waals surface area contributed by atoms with Gasteiger partial charge in [0.15, 0.2) is 0 Å². The Morgan fingerprint density at radius 1 is 0.778 bits per heavy atom. The van der Waals surface area contributed by atoms with Crippen LogP contribution >= 0.6 is 0 Å². The van der Waals surface area contributed by atoms with Crippen LogP contribution < -0.4 is 0 Å². The van der Waals surface area contributed by atoms with Crippen LogP contribution in [0.5, 0.6) is 0 Å². The van der Waals surface area contributed by atoms with E-state index in [0.717, 1.165) is 11.4 Å². The van der Waals surface area contributed by atoms with Crippen LogP contribution in [0.2, 0.25) is 0 Å². The fourth-order valence-electron chi connectivity index (χ4n) is 2.00. The molecule has 2 heteroatoms. The summed E-state index contributed by atoms with van der Waals surface area (Å²) in [6, 6.07) is 20.8. The molecule has 0 radical (unpaired) electrons. The second-order valence-corrected chi connectivity index (χ2v) is 4.31. The summed E-state index contributed by atoms with van der Waals surface area (Å²) in [5.74, 6) is 0. The highest BCUT2D eigenvalue weighted by molar-refractivity contribution is 5.64. The summed E-state index contributed by atoms with van der Waals surface area (Å²) in [6.07, 6.45) is 1.98. The summed E-state index contributed by atoms with van der Waals surface area (Å²) >= 11 is 0. The maximum absolute atomic E-state index is 4.40. The zero-order valence-electron chi connectivity index (χ0n) is 10.2. The van der Waals surface area contributed by atoms with Gasteiger partial charge in [-0.1, -0.05) is 42.5 Å². The van der Waals surface area contributed by atoms with Crippen molar-refractivity contribution in [2.75, 3.05) is 0 Å². The van der Waals surface area contributed by atoms with E-state index in [2.05, 4.69) is 53.6 Å². The molecule has 0 fully saturated rings. The van der Waals surface area contributed by atoms with E-state index in [1.807, 2.05) is 29.9 Å². The molecule has 0 atom stereocenters. The predicted molar refractivity (Wildman–Crippen MR) is 73.7 cm³/mol. The van der Waals surface area contributed by atoms with Crippen molar-refractivity contribution in [2.45, 2.75) is 6.92 Å². The van der Waals surface area contributed by atoms with E-state index in [9.17, 15) is 0 Å². The molecule has 0 saturated heterocycles. The van der Waals surface area contributed by atoms with Crippen LogP contribution in [0.4, 0.5) is 0 Å². The Hall–Kier alpha value is -2.35. The molecule has 0 aliphatic rings. The molecule has 1 aromatic heterocycles. The summed E-state index contributed by atoms with van der Waals surface area (Å²) in [4.78, 5) is 0. The Labute approximate surface area is 107 Å². The van der Waals surface area contributed by atoms with E-state index in [0.29, 0.717) is 0 Å². The molecule has 2 nitrogen and oxygen atoms in total. The minimum absolute atomic E-state index is 1.03. The van der Waals surface area contributed by atoms with Gasteiger partial charge < -0.3 is 0 Å². The summed E-state index contributed by atoms with van der Waals surface area (Å²) in [5, 5.41) is 4.40. The first kappa shape index (κ1) is 10.8. The third-order valence-corrected chi connectivity index (χ3v) is 2.96. The highest BCUT2D eigenvalue weighted by Gasteiger charge is 2.00. The van der Waals surface area contributed by atoms with Crippen LogP contribution in [0.1, 0.15) is 5.69 Å². The largest absolute Gasteiger partial charge is 0.241 e. The minimum Gasteiger partial charge on any atom is -0.241 e. The monoisotopic (exact) mass is 234 g/mol. The molecular weight excluding hydrogens is 220 g/mol. The van der Waals surface area contributed by atoms with Crippen molar-refractivity contribution in [1.82, 2.24) is 9.78 Å². The second-order valence-electron chi connectivity index (χ2n) is 4.31. The van der Waals surface area contributed by atoms with Crippen molar-refractivity contribution in [3.05, 3.63) is 72.6 Å². The van der Waals surface area contributed by atoms with Crippen molar-refractivity contribution < 1.29 is 0 Å². The second kappa shape index (κ2) is 4.49. The Morgan fingerprint density at radius 3 is 2.06 bits per heavy atom. The Balaban J connectivity index is 1.94. The van der Waals surface area contributed by atoms with Crippen molar-refractivity contribution in [2.24, 2.45) is 0 Å². The number of aromatic nitrogens is 2. The van der Waals surface area contributed by atoms with Crippen molar-refractivity contribution in [1.29, 1.82) is 0 Å². The Kier molecular flexibility index (Phi) is 2.69. The lowest BCUT2D eigenvalue weighted by Crippen LogP contribution is -1.94. The molecule has 0 unspecified atom stereocenters. The summed E-state index contributed by atoms with van der Waals surface area (Å²) in [7, 11) is 0. The summed E-state index contributed by atoms with van der Waals surface area (Å²) in [6.45, 7) is 1.99. The van der Waals surface area contributed by atoms with Gasteiger partial charge in [0, 0.05) is 6.20 Å². The van der Waals surface area contributed by atoms with Gasteiger partial charge >= 0.3 is 0 Å².